The molecule has 130 valence electrons. The van der Waals surface area contributed by atoms with Crippen molar-refractivity contribution in [1.82, 2.24) is 5.32 Å². The first kappa shape index (κ1) is 17.9. The van der Waals surface area contributed by atoms with E-state index < -0.39 is 27.8 Å². The quantitative estimate of drug-likeness (QED) is 0.649. The van der Waals surface area contributed by atoms with Crippen LogP contribution in [0.5, 0.6) is 0 Å². The fraction of sp³-hybridized carbons (Fsp3) is 0.529. The van der Waals surface area contributed by atoms with E-state index in [9.17, 15) is 24.8 Å². The van der Waals surface area contributed by atoms with Gasteiger partial charge in [0.05, 0.1) is 4.92 Å². The number of nitrogens with one attached hydrogen (secondary N) is 1. The molecule has 24 heavy (non-hydrogen) atoms. The van der Waals surface area contributed by atoms with Crippen LogP contribution in [-0.4, -0.2) is 27.4 Å². The number of hydrogen-bond donors (Lipinski definition) is 2. The summed E-state index contributed by atoms with van der Waals surface area (Å²) in [4.78, 5) is 34.8. The number of hydrogen-bond acceptors (Lipinski definition) is 4. The molecule has 1 aromatic rings. The van der Waals surface area contributed by atoms with Crippen molar-refractivity contribution in [2.45, 2.75) is 57.4 Å². The molecule has 7 heteroatoms. The Morgan fingerprint density at radius 3 is 2.29 bits per heavy atom. The van der Waals surface area contributed by atoms with E-state index >= 15 is 0 Å². The van der Waals surface area contributed by atoms with Gasteiger partial charge in [0.2, 0.25) is 0 Å². The van der Waals surface area contributed by atoms with Crippen LogP contribution in [0.15, 0.2) is 18.2 Å². The van der Waals surface area contributed by atoms with Gasteiger partial charge >= 0.3 is 5.97 Å². The predicted octanol–water partition coefficient (Wildman–Crippen LogP) is 3.02. The minimum absolute atomic E-state index is 0.0993. The van der Waals surface area contributed by atoms with E-state index in [1.807, 2.05) is 20.8 Å². The first-order valence-electron chi connectivity index (χ1n) is 7.92. The van der Waals surface area contributed by atoms with Crippen LogP contribution in [0.25, 0.3) is 0 Å². The molecule has 2 N–H and O–H groups in total. The van der Waals surface area contributed by atoms with Gasteiger partial charge in [-0.3, -0.25) is 14.9 Å². The lowest BCUT2D eigenvalue weighted by Gasteiger charge is -2.25. The molecule has 0 atom stereocenters. The summed E-state index contributed by atoms with van der Waals surface area (Å²) in [6, 6.07) is 4.29. The van der Waals surface area contributed by atoms with Crippen molar-refractivity contribution in [2.75, 3.05) is 0 Å². The van der Waals surface area contributed by atoms with E-state index in [1.165, 1.54) is 12.1 Å². The maximum Gasteiger partial charge on any atom is 0.329 e. The Morgan fingerprint density at radius 1 is 1.25 bits per heavy atom. The fourth-order valence-electron chi connectivity index (χ4n) is 3.12. The van der Waals surface area contributed by atoms with Gasteiger partial charge in [-0.05, 0) is 24.3 Å². The van der Waals surface area contributed by atoms with E-state index in [1.54, 1.807) is 6.07 Å². The Balaban J connectivity index is 2.35. The van der Waals surface area contributed by atoms with Crippen LogP contribution < -0.4 is 5.32 Å². The highest BCUT2D eigenvalue weighted by Crippen LogP contribution is 2.33. The summed E-state index contributed by atoms with van der Waals surface area (Å²) in [5, 5.41) is 23.3. The number of nitro benzene ring substituents is 1. The van der Waals surface area contributed by atoms with E-state index in [0.717, 1.165) is 12.8 Å². The molecule has 0 aromatic heterocycles. The third-order valence-electron chi connectivity index (χ3n) is 4.48. The molecule has 0 radical (unpaired) electrons. The van der Waals surface area contributed by atoms with Crippen molar-refractivity contribution in [2.24, 2.45) is 0 Å². The van der Waals surface area contributed by atoms with Crippen LogP contribution >= 0.6 is 0 Å². The van der Waals surface area contributed by atoms with Crippen LogP contribution in [0.1, 0.15) is 62.4 Å². The Hall–Kier alpha value is -2.44. The molecule has 1 fully saturated rings. The van der Waals surface area contributed by atoms with Crippen molar-refractivity contribution in [3.63, 3.8) is 0 Å². The van der Waals surface area contributed by atoms with Crippen LogP contribution in [0.2, 0.25) is 0 Å². The number of benzene rings is 1. The third kappa shape index (κ3) is 3.39. The van der Waals surface area contributed by atoms with E-state index in [4.69, 9.17) is 0 Å². The second kappa shape index (κ2) is 6.22. The van der Waals surface area contributed by atoms with E-state index in [2.05, 4.69) is 5.32 Å². The molecule has 0 heterocycles. The first-order chi connectivity index (χ1) is 11.1. The lowest BCUT2D eigenvalue weighted by Crippen LogP contribution is -2.52. The number of aliphatic carboxylic acids is 1. The second-order valence-electron chi connectivity index (χ2n) is 7.29. The molecule has 1 saturated carbocycles. The summed E-state index contributed by atoms with van der Waals surface area (Å²) < 4.78 is 0. The first-order valence-corrected chi connectivity index (χ1v) is 7.92. The summed E-state index contributed by atoms with van der Waals surface area (Å²) in [5.74, 6) is -1.66. The predicted molar refractivity (Wildman–Crippen MR) is 88.1 cm³/mol. The van der Waals surface area contributed by atoms with Gasteiger partial charge in [-0.1, -0.05) is 39.7 Å². The Kier molecular flexibility index (Phi) is 4.64. The van der Waals surface area contributed by atoms with Gasteiger partial charge in [-0.25, -0.2) is 4.79 Å². The van der Waals surface area contributed by atoms with Crippen molar-refractivity contribution < 1.29 is 19.6 Å². The van der Waals surface area contributed by atoms with Crippen molar-refractivity contribution in [3.8, 4) is 0 Å². The molecule has 0 spiro atoms. The van der Waals surface area contributed by atoms with Crippen molar-refractivity contribution >= 4 is 17.6 Å². The molecule has 1 aliphatic carbocycles. The van der Waals surface area contributed by atoms with E-state index in [0.29, 0.717) is 18.4 Å². The molecule has 7 nitrogen and oxygen atoms in total. The summed E-state index contributed by atoms with van der Waals surface area (Å²) in [7, 11) is 0. The molecule has 0 aliphatic heterocycles. The zero-order valence-corrected chi connectivity index (χ0v) is 14.1. The highest BCUT2D eigenvalue weighted by molar-refractivity contribution is 5.98. The van der Waals surface area contributed by atoms with E-state index in [-0.39, 0.29) is 11.3 Å². The van der Waals surface area contributed by atoms with Gasteiger partial charge in [0.15, 0.2) is 0 Å². The Bertz CT molecular complexity index is 685. The molecule has 0 bridgehead atoms. The number of carboxylic acid groups (broad SMARTS) is 1. The number of rotatable bonds is 4. The maximum absolute atomic E-state index is 12.4. The minimum Gasteiger partial charge on any atom is -0.480 e. The number of carbonyl (C=O) groups is 2. The standard InChI is InChI=1S/C17H22N2O5/c1-16(2,3)12-7-6-11(10-13(12)19(23)24)14(20)18-17(15(21)22)8-4-5-9-17/h6-7,10H,4-5,8-9H2,1-3H3,(H,18,20)(H,21,22). The van der Waals surface area contributed by atoms with Gasteiger partial charge in [-0.2, -0.15) is 0 Å². The number of carbonyl (C=O) groups excluding carboxylic acids is 1. The zero-order valence-electron chi connectivity index (χ0n) is 14.1. The lowest BCUT2D eigenvalue weighted by molar-refractivity contribution is -0.386. The fourth-order valence-corrected chi connectivity index (χ4v) is 3.12. The summed E-state index contributed by atoms with van der Waals surface area (Å²) in [6.45, 7) is 5.56. The Labute approximate surface area is 140 Å². The minimum atomic E-state index is -1.27. The topological polar surface area (TPSA) is 110 Å². The van der Waals surface area contributed by atoms with Gasteiger partial charge in [0.25, 0.3) is 11.6 Å². The summed E-state index contributed by atoms with van der Waals surface area (Å²) in [5.41, 5.74) is -1.22. The monoisotopic (exact) mass is 334 g/mol. The number of nitrogens with zero attached hydrogens (tertiary/aromatic N) is 1. The molecular weight excluding hydrogens is 312 g/mol. The normalized spacial score (nSPS) is 16.6. The van der Waals surface area contributed by atoms with Gasteiger partial charge in [0.1, 0.15) is 5.54 Å². The van der Waals surface area contributed by atoms with Crippen LogP contribution in [0.3, 0.4) is 0 Å². The lowest BCUT2D eigenvalue weighted by atomic mass is 9.85. The Morgan fingerprint density at radius 2 is 1.83 bits per heavy atom. The number of nitro groups is 1. The van der Waals surface area contributed by atoms with Gasteiger partial charge in [0, 0.05) is 17.2 Å². The van der Waals surface area contributed by atoms with Crippen LogP contribution in [-0.2, 0) is 10.2 Å². The van der Waals surface area contributed by atoms with Crippen LogP contribution in [0, 0.1) is 10.1 Å². The highest BCUT2D eigenvalue weighted by Gasteiger charge is 2.43. The highest BCUT2D eigenvalue weighted by atomic mass is 16.6. The number of amides is 1. The average Bonchev–Trinajstić information content (AvgIpc) is 2.95. The molecule has 1 amide bonds. The molecular formula is C17H22N2O5. The van der Waals surface area contributed by atoms with Gasteiger partial charge < -0.3 is 10.4 Å². The third-order valence-corrected chi connectivity index (χ3v) is 4.48. The van der Waals surface area contributed by atoms with Crippen LogP contribution in [0.4, 0.5) is 5.69 Å². The SMILES string of the molecule is CC(C)(C)c1ccc(C(=O)NC2(C(=O)O)CCCC2)cc1[N+](=O)[O-]. The van der Waals surface area contributed by atoms with Crippen molar-refractivity contribution in [1.29, 1.82) is 0 Å². The molecule has 0 unspecified atom stereocenters. The maximum atomic E-state index is 12.4. The molecule has 2 rings (SSSR count). The average molecular weight is 334 g/mol. The zero-order chi connectivity index (χ0) is 18.1. The molecule has 1 aliphatic rings. The molecule has 1 aromatic carbocycles. The van der Waals surface area contributed by atoms with Crippen molar-refractivity contribution in [3.05, 3.63) is 39.4 Å². The van der Waals surface area contributed by atoms with Gasteiger partial charge in [-0.15, -0.1) is 0 Å². The largest absolute Gasteiger partial charge is 0.480 e. The smallest absolute Gasteiger partial charge is 0.329 e. The second-order valence-corrected chi connectivity index (χ2v) is 7.29. The summed E-state index contributed by atoms with van der Waals surface area (Å²) >= 11 is 0. The molecule has 0 saturated heterocycles. The summed E-state index contributed by atoms with van der Waals surface area (Å²) in [6.07, 6.45) is 2.21. The number of carboxylic acids is 1.